The SMILES string of the molecule is COc1ccc(C2(CNC(=O)c3c(C)cc(C)cc3C)CCCC2)cc1. The lowest BCUT2D eigenvalue weighted by Gasteiger charge is -2.30. The smallest absolute Gasteiger partial charge is 0.251 e. The molecule has 0 bridgehead atoms. The Hall–Kier alpha value is -2.29. The van der Waals surface area contributed by atoms with E-state index in [1.165, 1.54) is 24.0 Å². The third-order valence-corrected chi connectivity index (χ3v) is 5.75. The molecule has 3 rings (SSSR count). The minimum absolute atomic E-state index is 0.0361. The lowest BCUT2D eigenvalue weighted by Crippen LogP contribution is -2.39. The second-order valence-corrected chi connectivity index (χ2v) is 7.67. The van der Waals surface area contributed by atoms with E-state index in [9.17, 15) is 4.79 Å². The Kier molecular flexibility index (Phi) is 5.36. The molecule has 1 fully saturated rings. The van der Waals surface area contributed by atoms with Crippen LogP contribution in [0, 0.1) is 20.8 Å². The van der Waals surface area contributed by atoms with Gasteiger partial charge in [-0.3, -0.25) is 4.79 Å². The maximum absolute atomic E-state index is 12.9. The molecule has 26 heavy (non-hydrogen) atoms. The lowest BCUT2D eigenvalue weighted by molar-refractivity contribution is 0.0942. The van der Waals surface area contributed by atoms with Crippen molar-refractivity contribution in [2.75, 3.05) is 13.7 Å². The average molecular weight is 351 g/mol. The quantitative estimate of drug-likeness (QED) is 0.835. The van der Waals surface area contributed by atoms with Crippen molar-refractivity contribution in [1.82, 2.24) is 5.32 Å². The molecule has 0 radical (unpaired) electrons. The molecular formula is C23H29NO2. The highest BCUT2D eigenvalue weighted by molar-refractivity contribution is 5.97. The zero-order chi connectivity index (χ0) is 18.7. The Morgan fingerprint density at radius 1 is 1.04 bits per heavy atom. The summed E-state index contributed by atoms with van der Waals surface area (Å²) >= 11 is 0. The summed E-state index contributed by atoms with van der Waals surface area (Å²) in [4.78, 5) is 12.9. The highest BCUT2D eigenvalue weighted by Crippen LogP contribution is 2.41. The minimum atomic E-state index is 0.0361. The molecule has 1 N–H and O–H groups in total. The Balaban J connectivity index is 1.80. The van der Waals surface area contributed by atoms with E-state index in [-0.39, 0.29) is 11.3 Å². The van der Waals surface area contributed by atoms with Crippen molar-refractivity contribution < 1.29 is 9.53 Å². The van der Waals surface area contributed by atoms with Gasteiger partial charge in [0.05, 0.1) is 7.11 Å². The fourth-order valence-electron chi connectivity index (χ4n) is 4.44. The van der Waals surface area contributed by atoms with Gasteiger partial charge >= 0.3 is 0 Å². The van der Waals surface area contributed by atoms with Gasteiger partial charge in [0, 0.05) is 17.5 Å². The van der Waals surface area contributed by atoms with Gasteiger partial charge in [0.15, 0.2) is 0 Å². The van der Waals surface area contributed by atoms with Crippen LogP contribution in [0.1, 0.15) is 58.3 Å². The van der Waals surface area contributed by atoms with E-state index in [1.54, 1.807) is 7.11 Å². The highest BCUT2D eigenvalue weighted by atomic mass is 16.5. The first-order valence-corrected chi connectivity index (χ1v) is 9.46. The first-order chi connectivity index (χ1) is 12.4. The molecular weight excluding hydrogens is 322 g/mol. The van der Waals surface area contributed by atoms with Crippen molar-refractivity contribution >= 4 is 5.91 Å². The number of carbonyl (C=O) groups excluding carboxylic acids is 1. The molecule has 2 aromatic carbocycles. The Bertz CT molecular complexity index is 763. The first kappa shape index (κ1) is 18.5. The number of ether oxygens (including phenoxy) is 1. The summed E-state index contributed by atoms with van der Waals surface area (Å²) in [5.41, 5.74) is 5.44. The van der Waals surface area contributed by atoms with Gasteiger partial charge in [-0.15, -0.1) is 0 Å². The number of amides is 1. The number of hydrogen-bond acceptors (Lipinski definition) is 2. The molecule has 0 aromatic heterocycles. The number of carbonyl (C=O) groups is 1. The number of aryl methyl sites for hydroxylation is 3. The average Bonchev–Trinajstić information content (AvgIpc) is 3.09. The van der Waals surface area contributed by atoms with Crippen LogP contribution in [0.15, 0.2) is 36.4 Å². The van der Waals surface area contributed by atoms with Crippen molar-refractivity contribution in [3.05, 3.63) is 64.2 Å². The molecule has 3 heteroatoms. The van der Waals surface area contributed by atoms with Gasteiger partial charge in [-0.25, -0.2) is 0 Å². The summed E-state index contributed by atoms with van der Waals surface area (Å²) in [7, 11) is 1.69. The van der Waals surface area contributed by atoms with E-state index in [4.69, 9.17) is 4.74 Å². The normalized spacial score (nSPS) is 15.7. The third kappa shape index (κ3) is 3.62. The van der Waals surface area contributed by atoms with Crippen molar-refractivity contribution in [2.45, 2.75) is 51.9 Å². The Morgan fingerprint density at radius 3 is 2.15 bits per heavy atom. The van der Waals surface area contributed by atoms with Gasteiger partial charge in [-0.05, 0) is 62.4 Å². The van der Waals surface area contributed by atoms with E-state index in [1.807, 2.05) is 26.0 Å². The predicted molar refractivity (Wildman–Crippen MR) is 106 cm³/mol. The standard InChI is InChI=1S/C23H29NO2/c1-16-13-17(2)21(18(3)14-16)22(25)24-15-23(11-5-6-12-23)19-7-9-20(26-4)10-8-19/h7-10,13-14H,5-6,11-12,15H2,1-4H3,(H,24,25). The number of methoxy groups -OCH3 is 1. The van der Waals surface area contributed by atoms with Crippen molar-refractivity contribution in [1.29, 1.82) is 0 Å². The van der Waals surface area contributed by atoms with Gasteiger partial charge in [0.2, 0.25) is 0 Å². The van der Waals surface area contributed by atoms with E-state index in [0.717, 1.165) is 35.3 Å². The van der Waals surface area contributed by atoms with E-state index < -0.39 is 0 Å². The lowest BCUT2D eigenvalue weighted by atomic mass is 9.78. The predicted octanol–water partition coefficient (Wildman–Crippen LogP) is 4.86. The van der Waals surface area contributed by atoms with Crippen molar-refractivity contribution in [2.24, 2.45) is 0 Å². The summed E-state index contributed by atoms with van der Waals surface area (Å²) in [5, 5.41) is 3.24. The molecule has 0 aliphatic heterocycles. The summed E-state index contributed by atoms with van der Waals surface area (Å²) in [6.07, 6.45) is 4.66. The second-order valence-electron chi connectivity index (χ2n) is 7.67. The van der Waals surface area contributed by atoms with Gasteiger partial charge in [-0.1, -0.05) is 42.7 Å². The molecule has 138 valence electrons. The van der Waals surface area contributed by atoms with Gasteiger partial charge in [0.25, 0.3) is 5.91 Å². The van der Waals surface area contributed by atoms with Crippen molar-refractivity contribution in [3.8, 4) is 5.75 Å². The molecule has 2 aromatic rings. The van der Waals surface area contributed by atoms with Crippen LogP contribution < -0.4 is 10.1 Å². The number of benzene rings is 2. The Labute approximate surface area is 156 Å². The zero-order valence-electron chi connectivity index (χ0n) is 16.3. The molecule has 1 saturated carbocycles. The third-order valence-electron chi connectivity index (χ3n) is 5.75. The van der Waals surface area contributed by atoms with Crippen LogP contribution in [0.25, 0.3) is 0 Å². The monoisotopic (exact) mass is 351 g/mol. The molecule has 0 spiro atoms. The van der Waals surface area contributed by atoms with Crippen LogP contribution in [0.3, 0.4) is 0 Å². The molecule has 0 saturated heterocycles. The van der Waals surface area contributed by atoms with Crippen LogP contribution >= 0.6 is 0 Å². The van der Waals surface area contributed by atoms with Gasteiger partial charge in [0.1, 0.15) is 5.75 Å². The number of rotatable bonds is 5. The van der Waals surface area contributed by atoms with E-state index in [2.05, 4.69) is 36.5 Å². The summed E-state index contributed by atoms with van der Waals surface area (Å²) in [5.74, 6) is 0.914. The molecule has 1 aliphatic carbocycles. The van der Waals surface area contributed by atoms with Gasteiger partial charge < -0.3 is 10.1 Å². The number of hydrogen-bond donors (Lipinski definition) is 1. The van der Waals surface area contributed by atoms with E-state index >= 15 is 0 Å². The summed E-state index contributed by atoms with van der Waals surface area (Å²) < 4.78 is 5.29. The molecule has 0 atom stereocenters. The molecule has 0 unspecified atom stereocenters. The topological polar surface area (TPSA) is 38.3 Å². The van der Waals surface area contributed by atoms with Crippen LogP contribution in [0.2, 0.25) is 0 Å². The first-order valence-electron chi connectivity index (χ1n) is 9.46. The molecule has 0 heterocycles. The molecule has 1 aliphatic rings. The van der Waals surface area contributed by atoms with Crippen LogP contribution in [0.5, 0.6) is 5.75 Å². The molecule has 1 amide bonds. The maximum atomic E-state index is 12.9. The van der Waals surface area contributed by atoms with Crippen LogP contribution in [0.4, 0.5) is 0 Å². The second kappa shape index (κ2) is 7.53. The van der Waals surface area contributed by atoms with Crippen molar-refractivity contribution in [3.63, 3.8) is 0 Å². The van der Waals surface area contributed by atoms with E-state index in [0.29, 0.717) is 6.54 Å². The van der Waals surface area contributed by atoms with Gasteiger partial charge in [-0.2, -0.15) is 0 Å². The fraction of sp³-hybridized carbons (Fsp3) is 0.435. The number of nitrogens with one attached hydrogen (secondary N) is 1. The zero-order valence-corrected chi connectivity index (χ0v) is 16.3. The minimum Gasteiger partial charge on any atom is -0.497 e. The summed E-state index contributed by atoms with van der Waals surface area (Å²) in [6, 6.07) is 12.5. The summed E-state index contributed by atoms with van der Waals surface area (Å²) in [6.45, 7) is 6.79. The van der Waals surface area contributed by atoms with Crippen LogP contribution in [-0.4, -0.2) is 19.6 Å². The molecule has 3 nitrogen and oxygen atoms in total. The fourth-order valence-corrected chi connectivity index (χ4v) is 4.44. The largest absolute Gasteiger partial charge is 0.497 e. The van der Waals surface area contributed by atoms with Crippen LogP contribution in [-0.2, 0) is 5.41 Å². The Morgan fingerprint density at radius 2 is 1.62 bits per heavy atom. The highest BCUT2D eigenvalue weighted by Gasteiger charge is 2.36. The maximum Gasteiger partial charge on any atom is 0.251 e.